The van der Waals surface area contributed by atoms with E-state index in [2.05, 4.69) is 21.3 Å². The Balaban J connectivity index is 1.37. The third kappa shape index (κ3) is 3.46. The number of oxazole rings is 1. The number of ether oxygens (including phenoxy) is 1. The molecule has 7 nitrogen and oxygen atoms in total. The van der Waals surface area contributed by atoms with Gasteiger partial charge in [-0.05, 0) is 37.8 Å². The number of benzene rings is 1. The molecule has 0 radical (unpaired) electrons. The Bertz CT molecular complexity index is 1310. The predicted octanol–water partition coefficient (Wildman–Crippen LogP) is 5.04. The number of fused-ring (bicyclic) bond motifs is 1. The Morgan fingerprint density at radius 3 is 2.78 bits per heavy atom. The van der Waals surface area contributed by atoms with Crippen LogP contribution in [-0.4, -0.2) is 31.3 Å². The number of hydrogen-bond acceptors (Lipinski definition) is 6. The van der Waals surface area contributed by atoms with Crippen LogP contribution in [0.4, 0.5) is 8.78 Å². The molecule has 6 rings (SSSR count). The van der Waals surface area contributed by atoms with Gasteiger partial charge in [-0.25, -0.2) is 18.7 Å². The molecule has 9 heteroatoms. The van der Waals surface area contributed by atoms with E-state index in [0.717, 1.165) is 18.1 Å². The van der Waals surface area contributed by atoms with E-state index < -0.39 is 11.6 Å². The van der Waals surface area contributed by atoms with E-state index in [9.17, 15) is 8.78 Å². The maximum atomic E-state index is 14.6. The zero-order chi connectivity index (χ0) is 21.8. The van der Waals surface area contributed by atoms with Crippen molar-refractivity contribution in [3.63, 3.8) is 0 Å². The van der Waals surface area contributed by atoms with Gasteiger partial charge in [0.25, 0.3) is 5.71 Å². The van der Waals surface area contributed by atoms with E-state index in [1.165, 1.54) is 25.0 Å². The fourth-order valence-corrected chi connectivity index (χ4v) is 4.32. The highest BCUT2D eigenvalue weighted by atomic mass is 19.1. The lowest BCUT2D eigenvalue weighted by atomic mass is 9.92. The minimum Gasteiger partial charge on any atom is -0.422 e. The molecule has 164 valence electrons. The number of aryl methyl sites for hydroxylation is 1. The largest absolute Gasteiger partial charge is 0.422 e. The van der Waals surface area contributed by atoms with Crippen molar-refractivity contribution in [1.82, 2.24) is 24.7 Å². The molecule has 1 aliphatic heterocycles. The number of rotatable bonds is 4. The quantitative estimate of drug-likeness (QED) is 0.445. The summed E-state index contributed by atoms with van der Waals surface area (Å²) in [5, 5.41) is 4.48. The van der Waals surface area contributed by atoms with Gasteiger partial charge >= 0.3 is 0 Å². The van der Waals surface area contributed by atoms with Crippen LogP contribution in [-0.2, 0) is 4.74 Å². The van der Waals surface area contributed by atoms with Crippen LogP contribution in [0.1, 0.15) is 61.0 Å². The molecule has 2 atom stereocenters. The summed E-state index contributed by atoms with van der Waals surface area (Å²) in [5.74, 6) is -0.390. The number of aromatic nitrogens is 5. The first-order valence-electron chi connectivity index (χ1n) is 10.8. The van der Waals surface area contributed by atoms with E-state index in [0.29, 0.717) is 47.7 Å². The summed E-state index contributed by atoms with van der Waals surface area (Å²) in [4.78, 5) is 13.6. The Morgan fingerprint density at radius 2 is 1.97 bits per heavy atom. The normalized spacial score (nSPS) is 21.3. The first kappa shape index (κ1) is 19.5. The zero-order valence-corrected chi connectivity index (χ0v) is 17.5. The fraction of sp³-hybridized carbons (Fsp3) is 0.391. The van der Waals surface area contributed by atoms with Gasteiger partial charge in [0.05, 0.1) is 18.3 Å². The average molecular weight is 437 g/mol. The van der Waals surface area contributed by atoms with Gasteiger partial charge < -0.3 is 9.15 Å². The molecule has 1 saturated heterocycles. The maximum Gasteiger partial charge on any atom is 0.250 e. The summed E-state index contributed by atoms with van der Waals surface area (Å²) < 4.78 is 41.8. The second-order valence-corrected chi connectivity index (χ2v) is 8.51. The third-order valence-electron chi connectivity index (χ3n) is 6.13. The van der Waals surface area contributed by atoms with Crippen LogP contribution in [0.2, 0.25) is 0 Å². The summed E-state index contributed by atoms with van der Waals surface area (Å²) in [7, 11) is 0. The van der Waals surface area contributed by atoms with Crippen molar-refractivity contribution in [1.29, 1.82) is 0 Å². The molecular weight excluding hydrogens is 416 g/mol. The van der Waals surface area contributed by atoms with Gasteiger partial charge in [0, 0.05) is 42.8 Å². The second-order valence-electron chi connectivity index (χ2n) is 8.51. The number of halogens is 2. The zero-order valence-electron chi connectivity index (χ0n) is 17.5. The minimum absolute atomic E-state index is 0.00455. The van der Waals surface area contributed by atoms with E-state index >= 15 is 0 Å². The van der Waals surface area contributed by atoms with Crippen LogP contribution in [0.25, 0.3) is 22.5 Å². The van der Waals surface area contributed by atoms with Gasteiger partial charge in [0.1, 0.15) is 23.2 Å². The van der Waals surface area contributed by atoms with Crippen LogP contribution in [0.3, 0.4) is 0 Å². The van der Waals surface area contributed by atoms with Crippen molar-refractivity contribution in [2.45, 2.75) is 50.7 Å². The summed E-state index contributed by atoms with van der Waals surface area (Å²) in [6.45, 7) is 2.26. The molecule has 32 heavy (non-hydrogen) atoms. The monoisotopic (exact) mass is 437 g/mol. The van der Waals surface area contributed by atoms with Crippen molar-refractivity contribution in [3.05, 3.63) is 59.5 Å². The van der Waals surface area contributed by atoms with E-state index in [-0.39, 0.29) is 17.6 Å². The molecule has 0 unspecified atom stereocenters. The molecule has 0 N–H and O–H groups in total. The first-order valence-corrected chi connectivity index (χ1v) is 10.8. The van der Waals surface area contributed by atoms with Crippen molar-refractivity contribution >= 4 is 11.2 Å². The fourth-order valence-electron chi connectivity index (χ4n) is 4.32. The lowest BCUT2D eigenvalue weighted by Crippen LogP contribution is -2.20. The Kier molecular flexibility index (Phi) is 4.53. The van der Waals surface area contributed by atoms with Gasteiger partial charge in [-0.2, -0.15) is 10.1 Å². The molecular formula is C23H21F2N5O2. The summed E-state index contributed by atoms with van der Waals surface area (Å²) in [5.41, 5.74) is 2.19. The smallest absolute Gasteiger partial charge is 0.250 e. The highest BCUT2D eigenvalue weighted by Gasteiger charge is 2.31. The van der Waals surface area contributed by atoms with Gasteiger partial charge in [0.15, 0.2) is 11.4 Å². The van der Waals surface area contributed by atoms with Gasteiger partial charge in [0.2, 0.25) is 0 Å². The minimum atomic E-state index is -0.700. The van der Waals surface area contributed by atoms with Gasteiger partial charge in [-0.1, -0.05) is 0 Å². The van der Waals surface area contributed by atoms with E-state index in [4.69, 9.17) is 14.1 Å². The first-order chi connectivity index (χ1) is 15.5. The summed E-state index contributed by atoms with van der Waals surface area (Å²) >= 11 is 0. The summed E-state index contributed by atoms with van der Waals surface area (Å²) in [6.07, 6.45) is 7.58. The van der Waals surface area contributed by atoms with Gasteiger partial charge in [-0.15, -0.1) is 0 Å². The topological polar surface area (TPSA) is 78.9 Å². The number of hydrogen-bond donors (Lipinski definition) is 0. The van der Waals surface area contributed by atoms with E-state index in [1.807, 2.05) is 10.9 Å². The lowest BCUT2D eigenvalue weighted by Gasteiger charge is -2.28. The third-order valence-corrected chi connectivity index (χ3v) is 6.13. The van der Waals surface area contributed by atoms with Crippen molar-refractivity contribution in [3.8, 4) is 11.3 Å². The molecule has 0 amide bonds. The van der Waals surface area contributed by atoms with Crippen molar-refractivity contribution in [2.24, 2.45) is 0 Å². The lowest BCUT2D eigenvalue weighted by molar-refractivity contribution is 0.00394. The van der Waals surface area contributed by atoms with Crippen LogP contribution in [0.15, 0.2) is 35.0 Å². The predicted molar refractivity (Wildman–Crippen MR) is 111 cm³/mol. The maximum absolute atomic E-state index is 14.6. The summed E-state index contributed by atoms with van der Waals surface area (Å²) in [6, 6.07) is 3.94. The van der Waals surface area contributed by atoms with Crippen LogP contribution in [0, 0.1) is 18.6 Å². The van der Waals surface area contributed by atoms with Crippen molar-refractivity contribution in [2.75, 3.05) is 6.61 Å². The van der Waals surface area contributed by atoms with Crippen molar-refractivity contribution < 1.29 is 17.9 Å². The van der Waals surface area contributed by atoms with E-state index in [1.54, 1.807) is 6.92 Å². The SMILES string of the molecule is Cc1nc2c(-c3ccc(F)cc3F)nc([C@@H]3CCO[C@H](c4cnn(C5CC5)c4)C3)nc2o1. The molecule has 4 aromatic rings. The molecule has 3 aromatic heterocycles. The molecule has 1 aliphatic carbocycles. The molecule has 0 bridgehead atoms. The molecule has 2 fully saturated rings. The highest BCUT2D eigenvalue weighted by Crippen LogP contribution is 2.40. The molecule has 1 saturated carbocycles. The Morgan fingerprint density at radius 1 is 1.09 bits per heavy atom. The molecule has 4 heterocycles. The van der Waals surface area contributed by atoms with Crippen LogP contribution < -0.4 is 0 Å². The highest BCUT2D eigenvalue weighted by molar-refractivity contribution is 5.86. The average Bonchev–Trinajstić information content (AvgIpc) is 3.38. The second kappa shape index (κ2) is 7.44. The van der Waals surface area contributed by atoms with Crippen LogP contribution >= 0.6 is 0 Å². The standard InChI is InChI=1S/C23H21F2N5O2/c1-12-27-21-20(17-5-2-15(24)9-18(17)25)28-22(29-23(21)32-12)13-6-7-31-19(8-13)14-10-26-30(11-14)16-3-4-16/h2,5,9-11,13,16,19H,3-4,6-8H2,1H3/t13-,19+/m1/s1. The molecule has 1 aromatic carbocycles. The van der Waals surface area contributed by atoms with Gasteiger partial charge in [-0.3, -0.25) is 4.68 Å². The molecule has 2 aliphatic rings. The Hall–Kier alpha value is -3.20. The van der Waals surface area contributed by atoms with Crippen LogP contribution in [0.5, 0.6) is 0 Å². The Labute approximate surface area is 182 Å². The number of nitrogens with zero attached hydrogens (tertiary/aromatic N) is 5. The molecule has 0 spiro atoms.